The quantitative estimate of drug-likeness (QED) is 0.623. The number of rotatable bonds is 6. The second-order valence-electron chi connectivity index (χ2n) is 8.24. The maximum absolute atomic E-state index is 12.7. The van der Waals surface area contributed by atoms with Gasteiger partial charge in [0.25, 0.3) is 0 Å². The number of likely N-dealkylation sites (N-methyl/N-ethyl adjacent to an activating group) is 1. The van der Waals surface area contributed by atoms with E-state index in [-0.39, 0.29) is 6.54 Å². The van der Waals surface area contributed by atoms with Crippen molar-refractivity contribution in [3.8, 4) is 0 Å². The minimum atomic E-state index is -1.28. The number of hydrogen-bond acceptors (Lipinski definition) is 7. The van der Waals surface area contributed by atoms with Crippen molar-refractivity contribution in [2.75, 3.05) is 13.1 Å². The lowest BCUT2D eigenvalue weighted by Crippen LogP contribution is -2.55. The van der Waals surface area contributed by atoms with Gasteiger partial charge < -0.3 is 25.3 Å². The van der Waals surface area contributed by atoms with Crippen molar-refractivity contribution in [3.63, 3.8) is 0 Å². The van der Waals surface area contributed by atoms with Crippen LogP contribution in [0.1, 0.15) is 48.5 Å². The molecule has 27 heavy (non-hydrogen) atoms. The summed E-state index contributed by atoms with van der Waals surface area (Å²) >= 11 is 0. The highest BCUT2D eigenvalue weighted by molar-refractivity contribution is 6.31. The topological polar surface area (TPSA) is 130 Å². The van der Waals surface area contributed by atoms with Gasteiger partial charge in [-0.25, -0.2) is 14.6 Å². The zero-order chi connectivity index (χ0) is 21.0. The van der Waals surface area contributed by atoms with Crippen LogP contribution < -0.4 is 10.6 Å². The number of hydrogen-bond donors (Lipinski definition) is 3. The van der Waals surface area contributed by atoms with E-state index in [2.05, 4.69) is 15.6 Å². The normalized spacial score (nSPS) is 18.9. The standard InChI is InChI=1S/C17H30N4O6/c1-8-21-10(19-13(27-21)14(23)24)9-18-12(22)11(16(2,3)4)20-15(25)26-17(5,6)7/h10-11H,8-9H2,1-7H3,(H,18,22)(H,20,25)(H,23,24)/t10-,11?/m0/s1. The number of amides is 2. The molecule has 0 bridgehead atoms. The Morgan fingerprint density at radius 3 is 2.30 bits per heavy atom. The van der Waals surface area contributed by atoms with Crippen LogP contribution in [0.25, 0.3) is 0 Å². The molecule has 0 aromatic rings. The first kappa shape index (κ1) is 22.7. The van der Waals surface area contributed by atoms with Crippen LogP contribution in [-0.2, 0) is 19.2 Å². The average molecular weight is 386 g/mol. The molecule has 1 unspecified atom stereocenters. The molecule has 2 atom stereocenters. The zero-order valence-electron chi connectivity index (χ0n) is 17.0. The largest absolute Gasteiger partial charge is 0.474 e. The third kappa shape index (κ3) is 7.05. The number of carbonyl (C=O) groups excluding carboxylic acids is 2. The molecular formula is C17H30N4O6. The fourth-order valence-corrected chi connectivity index (χ4v) is 2.31. The number of hydroxylamine groups is 2. The fraction of sp³-hybridized carbons (Fsp3) is 0.765. The smallest absolute Gasteiger partial charge is 0.408 e. The molecule has 2 amide bonds. The second-order valence-corrected chi connectivity index (χ2v) is 8.24. The van der Waals surface area contributed by atoms with E-state index in [1.54, 1.807) is 27.7 Å². The van der Waals surface area contributed by atoms with E-state index in [9.17, 15) is 14.4 Å². The Kier molecular flexibility index (Phi) is 7.18. The molecule has 1 rings (SSSR count). The summed E-state index contributed by atoms with van der Waals surface area (Å²) in [5.41, 5.74) is -1.26. The second kappa shape index (κ2) is 8.55. The molecule has 1 aliphatic rings. The van der Waals surface area contributed by atoms with E-state index in [0.717, 1.165) is 0 Å². The Labute approximate surface area is 159 Å². The Balaban J connectivity index is 2.77. The van der Waals surface area contributed by atoms with Crippen molar-refractivity contribution in [2.24, 2.45) is 10.4 Å². The molecule has 154 valence electrons. The van der Waals surface area contributed by atoms with Gasteiger partial charge >= 0.3 is 18.0 Å². The molecule has 1 aliphatic heterocycles. The lowest BCUT2D eigenvalue weighted by atomic mass is 9.86. The van der Waals surface area contributed by atoms with Crippen LogP contribution in [0.4, 0.5) is 4.79 Å². The van der Waals surface area contributed by atoms with Crippen LogP contribution in [-0.4, -0.2) is 64.9 Å². The highest BCUT2D eigenvalue weighted by Gasteiger charge is 2.36. The molecule has 10 nitrogen and oxygen atoms in total. The fourth-order valence-electron chi connectivity index (χ4n) is 2.31. The summed E-state index contributed by atoms with van der Waals surface area (Å²) in [6, 6.07) is -0.854. The van der Waals surface area contributed by atoms with Crippen LogP contribution in [0.3, 0.4) is 0 Å². The zero-order valence-corrected chi connectivity index (χ0v) is 17.0. The summed E-state index contributed by atoms with van der Waals surface area (Å²) in [5, 5.41) is 15.6. The van der Waals surface area contributed by atoms with Crippen LogP contribution in [0.5, 0.6) is 0 Å². The van der Waals surface area contributed by atoms with E-state index in [1.807, 2.05) is 20.8 Å². The summed E-state index contributed by atoms with van der Waals surface area (Å²) in [6.45, 7) is 12.8. The van der Waals surface area contributed by atoms with Crippen molar-refractivity contribution >= 4 is 23.9 Å². The first-order valence-corrected chi connectivity index (χ1v) is 8.77. The van der Waals surface area contributed by atoms with Gasteiger partial charge in [0.2, 0.25) is 5.91 Å². The van der Waals surface area contributed by atoms with Crippen LogP contribution in [0.2, 0.25) is 0 Å². The molecule has 1 heterocycles. The molecule has 0 aliphatic carbocycles. The molecular weight excluding hydrogens is 356 g/mol. The molecule has 0 fully saturated rings. The van der Waals surface area contributed by atoms with Crippen LogP contribution in [0, 0.1) is 5.41 Å². The molecule has 0 saturated carbocycles. The number of nitrogens with one attached hydrogen (secondary N) is 2. The number of aliphatic carboxylic acids is 1. The van der Waals surface area contributed by atoms with Crippen molar-refractivity contribution in [2.45, 2.75) is 66.3 Å². The molecule has 0 radical (unpaired) electrons. The van der Waals surface area contributed by atoms with Gasteiger partial charge in [0.15, 0.2) is 6.17 Å². The minimum Gasteiger partial charge on any atom is -0.474 e. The maximum atomic E-state index is 12.7. The first-order valence-electron chi connectivity index (χ1n) is 8.77. The number of ether oxygens (including phenoxy) is 1. The first-order chi connectivity index (χ1) is 12.2. The summed E-state index contributed by atoms with van der Waals surface area (Å²) in [6.07, 6.45) is -1.35. The molecule has 0 spiro atoms. The van der Waals surface area contributed by atoms with Crippen LogP contribution >= 0.6 is 0 Å². The molecule has 0 aromatic heterocycles. The number of alkyl carbamates (subject to hydrolysis) is 1. The number of carbonyl (C=O) groups is 3. The summed E-state index contributed by atoms with van der Waals surface area (Å²) in [4.78, 5) is 44.8. The van der Waals surface area contributed by atoms with E-state index in [4.69, 9.17) is 14.7 Å². The van der Waals surface area contributed by atoms with Crippen molar-refractivity contribution in [1.82, 2.24) is 15.7 Å². The van der Waals surface area contributed by atoms with Gasteiger partial charge in [-0.15, -0.1) is 5.06 Å². The van der Waals surface area contributed by atoms with E-state index in [0.29, 0.717) is 6.54 Å². The Hall–Kier alpha value is -2.36. The summed E-state index contributed by atoms with van der Waals surface area (Å²) in [5.74, 6) is -2.12. The lowest BCUT2D eigenvalue weighted by molar-refractivity contribution is -0.137. The highest BCUT2D eigenvalue weighted by atomic mass is 16.7. The van der Waals surface area contributed by atoms with Gasteiger partial charge in [-0.1, -0.05) is 20.8 Å². The molecule has 10 heteroatoms. The highest BCUT2D eigenvalue weighted by Crippen LogP contribution is 2.20. The van der Waals surface area contributed by atoms with Gasteiger partial charge in [-0.2, -0.15) is 0 Å². The third-order valence-electron chi connectivity index (χ3n) is 3.55. The SMILES string of the molecule is CCN1OC(C(=O)O)=N[C@@H]1CNC(=O)C(NC(=O)OC(C)(C)C)C(C)(C)C. The molecule has 0 aromatic carbocycles. The van der Waals surface area contributed by atoms with Gasteiger partial charge in [0.05, 0.1) is 6.54 Å². The number of carboxylic acid groups (broad SMARTS) is 1. The Bertz CT molecular complexity index is 606. The molecule has 0 saturated heterocycles. The van der Waals surface area contributed by atoms with Crippen LogP contribution in [0.15, 0.2) is 4.99 Å². The van der Waals surface area contributed by atoms with Crippen molar-refractivity contribution in [3.05, 3.63) is 0 Å². The van der Waals surface area contributed by atoms with Gasteiger partial charge in [-0.05, 0) is 33.1 Å². The monoisotopic (exact) mass is 386 g/mol. The predicted molar refractivity (Wildman–Crippen MR) is 97.9 cm³/mol. The maximum Gasteiger partial charge on any atom is 0.408 e. The average Bonchev–Trinajstić information content (AvgIpc) is 2.91. The van der Waals surface area contributed by atoms with Crippen molar-refractivity contribution < 1.29 is 29.1 Å². The van der Waals surface area contributed by atoms with Gasteiger partial charge in [-0.3, -0.25) is 4.79 Å². The van der Waals surface area contributed by atoms with Crippen molar-refractivity contribution in [1.29, 1.82) is 0 Å². The number of carboxylic acids is 1. The third-order valence-corrected chi connectivity index (χ3v) is 3.55. The van der Waals surface area contributed by atoms with Gasteiger partial charge in [0, 0.05) is 6.54 Å². The predicted octanol–water partition coefficient (Wildman–Crippen LogP) is 1.12. The van der Waals surface area contributed by atoms with E-state index >= 15 is 0 Å². The number of nitrogens with zero attached hydrogens (tertiary/aromatic N) is 2. The Morgan fingerprint density at radius 1 is 1.26 bits per heavy atom. The molecule has 3 N–H and O–H groups in total. The summed E-state index contributed by atoms with van der Waals surface area (Å²) < 4.78 is 5.22. The lowest BCUT2D eigenvalue weighted by Gasteiger charge is -2.31. The number of aliphatic imine (C=N–C) groups is 1. The van der Waals surface area contributed by atoms with E-state index in [1.165, 1.54) is 5.06 Å². The summed E-state index contributed by atoms with van der Waals surface area (Å²) in [7, 11) is 0. The minimum absolute atomic E-state index is 0.0338. The van der Waals surface area contributed by atoms with E-state index < -0.39 is 47.1 Å². The van der Waals surface area contributed by atoms with Gasteiger partial charge in [0.1, 0.15) is 11.6 Å². The Morgan fingerprint density at radius 2 is 1.85 bits per heavy atom.